The fourth-order valence-corrected chi connectivity index (χ4v) is 7.20. The van der Waals surface area contributed by atoms with E-state index < -0.39 is 10.0 Å². The second-order valence-corrected chi connectivity index (χ2v) is 10.6. The van der Waals surface area contributed by atoms with Gasteiger partial charge in [-0.3, -0.25) is 9.69 Å². The topological polar surface area (TPSA) is 88.2 Å². The quantitative estimate of drug-likeness (QED) is 0.677. The Bertz CT molecular complexity index is 795. The van der Waals surface area contributed by atoms with Gasteiger partial charge in [-0.15, -0.1) is 11.3 Å². The van der Waals surface area contributed by atoms with Crippen molar-refractivity contribution in [3.63, 3.8) is 0 Å². The molecule has 1 amide bonds. The molecule has 162 valence electrons. The normalized spacial score (nSPS) is 25.3. The van der Waals surface area contributed by atoms with Crippen LogP contribution in [0.5, 0.6) is 0 Å². The summed E-state index contributed by atoms with van der Waals surface area (Å²) in [6.45, 7) is 6.06. The standard InChI is InChI=1S/C19H29N3O5S2/c23-19(18-17(4-12-28-18)29(24,25)22-5-1-2-6-22)20-13-16(15-3-9-27-14-15)21-7-10-26-11-8-21/h4,12,15-16H,1-3,5-11,13-14H2,(H,20,23). The second-order valence-electron chi connectivity index (χ2n) is 7.77. The van der Waals surface area contributed by atoms with Crippen LogP contribution in [0.1, 0.15) is 28.9 Å². The van der Waals surface area contributed by atoms with E-state index in [-0.39, 0.29) is 21.7 Å². The van der Waals surface area contributed by atoms with Crippen molar-refractivity contribution in [2.45, 2.75) is 30.2 Å². The van der Waals surface area contributed by atoms with Crippen LogP contribution in [0.3, 0.4) is 0 Å². The molecule has 29 heavy (non-hydrogen) atoms. The first kappa shape index (κ1) is 21.2. The smallest absolute Gasteiger partial charge is 0.262 e. The monoisotopic (exact) mass is 443 g/mol. The SMILES string of the molecule is O=C(NCC(C1CCOC1)N1CCOCC1)c1sccc1S(=O)(=O)N1CCCC1. The molecule has 0 aromatic carbocycles. The highest BCUT2D eigenvalue weighted by molar-refractivity contribution is 7.89. The molecule has 0 radical (unpaired) electrons. The largest absolute Gasteiger partial charge is 0.381 e. The minimum absolute atomic E-state index is 0.133. The maximum Gasteiger partial charge on any atom is 0.262 e. The molecule has 3 aliphatic rings. The third-order valence-corrected chi connectivity index (χ3v) is 9.00. The summed E-state index contributed by atoms with van der Waals surface area (Å²) in [4.78, 5) is 15.7. The van der Waals surface area contributed by atoms with Gasteiger partial charge in [0.25, 0.3) is 5.91 Å². The lowest BCUT2D eigenvalue weighted by Gasteiger charge is -2.37. The zero-order chi connectivity index (χ0) is 20.3. The predicted molar refractivity (Wildman–Crippen MR) is 110 cm³/mol. The zero-order valence-corrected chi connectivity index (χ0v) is 18.2. The Morgan fingerprint density at radius 1 is 1.17 bits per heavy atom. The van der Waals surface area contributed by atoms with Gasteiger partial charge in [0.05, 0.1) is 19.8 Å². The number of carbonyl (C=O) groups is 1. The summed E-state index contributed by atoms with van der Waals surface area (Å²) in [5, 5.41) is 4.70. The minimum Gasteiger partial charge on any atom is -0.381 e. The highest BCUT2D eigenvalue weighted by Crippen LogP contribution is 2.28. The van der Waals surface area contributed by atoms with E-state index in [9.17, 15) is 13.2 Å². The second kappa shape index (κ2) is 9.40. The number of ether oxygens (including phenoxy) is 2. The number of thiophene rings is 1. The summed E-state index contributed by atoms with van der Waals surface area (Å²) in [5.74, 6) is 0.0551. The van der Waals surface area contributed by atoms with E-state index in [1.807, 2.05) is 0 Å². The molecule has 1 aromatic heterocycles. The van der Waals surface area contributed by atoms with Gasteiger partial charge < -0.3 is 14.8 Å². The zero-order valence-electron chi connectivity index (χ0n) is 16.5. The number of sulfonamides is 1. The molecule has 3 saturated heterocycles. The molecule has 2 unspecified atom stereocenters. The van der Waals surface area contributed by atoms with Gasteiger partial charge in [-0.05, 0) is 30.7 Å². The molecule has 1 aromatic rings. The molecule has 0 aliphatic carbocycles. The van der Waals surface area contributed by atoms with E-state index in [4.69, 9.17) is 9.47 Å². The van der Waals surface area contributed by atoms with E-state index in [1.165, 1.54) is 15.6 Å². The average Bonchev–Trinajstić information content (AvgIpc) is 3.51. The minimum atomic E-state index is -3.61. The molecule has 8 nitrogen and oxygen atoms in total. The van der Waals surface area contributed by atoms with Crippen molar-refractivity contribution in [3.05, 3.63) is 16.3 Å². The fraction of sp³-hybridized carbons (Fsp3) is 0.737. The molecule has 2 atom stereocenters. The fourth-order valence-electron chi connectivity index (χ4n) is 4.37. The van der Waals surface area contributed by atoms with Gasteiger partial charge in [-0.1, -0.05) is 0 Å². The summed E-state index contributed by atoms with van der Waals surface area (Å²) in [7, 11) is -3.61. The van der Waals surface area contributed by atoms with Crippen molar-refractivity contribution in [3.8, 4) is 0 Å². The number of nitrogens with one attached hydrogen (secondary N) is 1. The summed E-state index contributed by atoms with van der Waals surface area (Å²) >= 11 is 1.19. The Morgan fingerprint density at radius 3 is 2.62 bits per heavy atom. The highest BCUT2D eigenvalue weighted by Gasteiger charge is 2.34. The van der Waals surface area contributed by atoms with Crippen LogP contribution < -0.4 is 5.32 Å². The third-order valence-electron chi connectivity index (χ3n) is 6.01. The van der Waals surface area contributed by atoms with Gasteiger partial charge in [0.15, 0.2) is 0 Å². The first-order chi connectivity index (χ1) is 14.1. The van der Waals surface area contributed by atoms with Gasteiger partial charge in [0.1, 0.15) is 9.77 Å². The Morgan fingerprint density at radius 2 is 1.93 bits per heavy atom. The number of carbonyl (C=O) groups excluding carboxylic acids is 1. The molecule has 0 bridgehead atoms. The number of rotatable bonds is 7. The molecule has 3 aliphatic heterocycles. The van der Waals surface area contributed by atoms with Gasteiger partial charge in [0, 0.05) is 51.3 Å². The maximum absolute atomic E-state index is 12.9. The Balaban J connectivity index is 1.45. The first-order valence-corrected chi connectivity index (χ1v) is 12.6. The first-order valence-electron chi connectivity index (χ1n) is 10.3. The lowest BCUT2D eigenvalue weighted by Crippen LogP contribution is -2.52. The molecule has 1 N–H and O–H groups in total. The number of hydrogen-bond donors (Lipinski definition) is 1. The average molecular weight is 444 g/mol. The van der Waals surface area contributed by atoms with Crippen LogP contribution in [0, 0.1) is 5.92 Å². The van der Waals surface area contributed by atoms with Crippen LogP contribution in [0.4, 0.5) is 0 Å². The van der Waals surface area contributed by atoms with Crippen LogP contribution in [-0.4, -0.2) is 88.7 Å². The summed E-state index contributed by atoms with van der Waals surface area (Å²) in [5.41, 5.74) is 0. The van der Waals surface area contributed by atoms with E-state index >= 15 is 0 Å². The molecule has 4 heterocycles. The van der Waals surface area contributed by atoms with Crippen molar-refractivity contribution in [1.29, 1.82) is 0 Å². The van der Waals surface area contributed by atoms with E-state index in [0.29, 0.717) is 45.4 Å². The van der Waals surface area contributed by atoms with Gasteiger partial charge in [0.2, 0.25) is 10.0 Å². The number of amides is 1. The molecule has 10 heteroatoms. The molecular weight excluding hydrogens is 414 g/mol. The molecule has 0 spiro atoms. The summed E-state index contributed by atoms with van der Waals surface area (Å²) in [6, 6.07) is 1.72. The van der Waals surface area contributed by atoms with Crippen molar-refractivity contribution in [1.82, 2.24) is 14.5 Å². The number of hydrogen-bond acceptors (Lipinski definition) is 7. The van der Waals surface area contributed by atoms with E-state index in [0.717, 1.165) is 39.0 Å². The van der Waals surface area contributed by atoms with Gasteiger partial charge >= 0.3 is 0 Å². The maximum atomic E-state index is 12.9. The predicted octanol–water partition coefficient (Wildman–Crippen LogP) is 1.000. The van der Waals surface area contributed by atoms with Crippen molar-refractivity contribution in [2.24, 2.45) is 5.92 Å². The summed E-state index contributed by atoms with van der Waals surface area (Å²) < 4.78 is 38.4. The molecule has 4 rings (SSSR count). The van der Waals surface area contributed by atoms with Crippen LogP contribution >= 0.6 is 11.3 Å². The molecule has 3 fully saturated rings. The van der Waals surface area contributed by atoms with E-state index in [2.05, 4.69) is 10.2 Å². The van der Waals surface area contributed by atoms with Gasteiger partial charge in [-0.25, -0.2) is 8.42 Å². The Labute approximate surface area is 176 Å². The van der Waals surface area contributed by atoms with Crippen molar-refractivity contribution < 1.29 is 22.7 Å². The van der Waals surface area contributed by atoms with E-state index in [1.54, 1.807) is 11.4 Å². The Kier molecular flexibility index (Phi) is 6.87. The lowest BCUT2D eigenvalue weighted by atomic mass is 9.97. The lowest BCUT2D eigenvalue weighted by molar-refractivity contribution is 0.00167. The molecule has 0 saturated carbocycles. The van der Waals surface area contributed by atoms with Crippen LogP contribution in [0.2, 0.25) is 0 Å². The van der Waals surface area contributed by atoms with Crippen molar-refractivity contribution in [2.75, 3.05) is 59.2 Å². The van der Waals surface area contributed by atoms with Crippen LogP contribution in [-0.2, 0) is 19.5 Å². The van der Waals surface area contributed by atoms with Crippen molar-refractivity contribution >= 4 is 27.3 Å². The van der Waals surface area contributed by atoms with Crippen LogP contribution in [0.15, 0.2) is 16.3 Å². The highest BCUT2D eigenvalue weighted by atomic mass is 32.2. The molecular formula is C19H29N3O5S2. The summed E-state index contributed by atoms with van der Waals surface area (Å²) in [6.07, 6.45) is 2.72. The van der Waals surface area contributed by atoms with Crippen LogP contribution in [0.25, 0.3) is 0 Å². The Hall–Kier alpha value is -1.04. The third kappa shape index (κ3) is 4.67. The number of morpholine rings is 1. The number of nitrogens with zero attached hydrogens (tertiary/aromatic N) is 2. The van der Waals surface area contributed by atoms with Gasteiger partial charge in [-0.2, -0.15) is 4.31 Å².